The molecular formula is C17H25NO2. The zero-order valence-electron chi connectivity index (χ0n) is 12.7. The Bertz CT molecular complexity index is 430. The van der Waals surface area contributed by atoms with Gasteiger partial charge in [-0.25, -0.2) is 0 Å². The van der Waals surface area contributed by atoms with Crippen molar-refractivity contribution in [2.75, 3.05) is 13.1 Å². The summed E-state index contributed by atoms with van der Waals surface area (Å²) in [5, 5.41) is 0. The number of carbonyl (C=O) groups excluding carboxylic acids is 1. The van der Waals surface area contributed by atoms with Crippen LogP contribution in [0.5, 0.6) is 0 Å². The first kappa shape index (κ1) is 15.0. The van der Waals surface area contributed by atoms with Crippen LogP contribution in [0.2, 0.25) is 0 Å². The predicted octanol–water partition coefficient (Wildman–Crippen LogP) is 3.41. The van der Waals surface area contributed by atoms with Crippen molar-refractivity contribution in [2.45, 2.75) is 45.8 Å². The molecule has 1 aliphatic rings. The molecule has 110 valence electrons. The molecule has 1 fully saturated rings. The highest BCUT2D eigenvalue weighted by molar-refractivity contribution is 5.69. The number of nitrogens with zero attached hydrogens (tertiary/aromatic N) is 1. The molecule has 0 N–H and O–H groups in total. The van der Waals surface area contributed by atoms with Gasteiger partial charge in [-0.2, -0.15) is 0 Å². The van der Waals surface area contributed by atoms with Gasteiger partial charge >= 0.3 is 5.97 Å². The molecule has 1 saturated heterocycles. The molecule has 0 saturated carbocycles. The van der Waals surface area contributed by atoms with Gasteiger partial charge in [-0.1, -0.05) is 37.3 Å². The standard InChI is InChI=1S/C17H25NO2/c1-4-16(19)20-17(14-8-6-5-7-9-14)15-10-11-18(12-15)13(2)3/h5-9,13,15,17H,4,10-12H2,1-3H3/t15-,17-/m1/s1. The lowest BCUT2D eigenvalue weighted by Crippen LogP contribution is -2.30. The normalized spacial score (nSPS) is 21.1. The number of likely N-dealkylation sites (tertiary alicyclic amines) is 1. The van der Waals surface area contributed by atoms with Gasteiger partial charge < -0.3 is 9.64 Å². The van der Waals surface area contributed by atoms with Gasteiger partial charge in [-0.15, -0.1) is 0 Å². The zero-order chi connectivity index (χ0) is 14.5. The molecule has 0 amide bonds. The third kappa shape index (κ3) is 3.60. The van der Waals surface area contributed by atoms with Gasteiger partial charge in [0.25, 0.3) is 0 Å². The molecular weight excluding hydrogens is 250 g/mol. The Kier molecular flexibility index (Phi) is 5.18. The Labute approximate surface area is 121 Å². The molecule has 0 aromatic heterocycles. The summed E-state index contributed by atoms with van der Waals surface area (Å²) in [7, 11) is 0. The van der Waals surface area contributed by atoms with E-state index in [9.17, 15) is 4.79 Å². The summed E-state index contributed by atoms with van der Waals surface area (Å²) in [5.41, 5.74) is 1.12. The predicted molar refractivity (Wildman–Crippen MR) is 80.4 cm³/mol. The molecule has 0 spiro atoms. The minimum atomic E-state index is -0.109. The average molecular weight is 275 g/mol. The van der Waals surface area contributed by atoms with E-state index >= 15 is 0 Å². The molecule has 0 aliphatic carbocycles. The Morgan fingerprint density at radius 3 is 2.60 bits per heavy atom. The number of rotatable bonds is 5. The Morgan fingerprint density at radius 1 is 1.35 bits per heavy atom. The number of carbonyl (C=O) groups is 1. The first-order chi connectivity index (χ1) is 9.61. The fourth-order valence-corrected chi connectivity index (χ4v) is 2.84. The maximum Gasteiger partial charge on any atom is 0.306 e. The highest BCUT2D eigenvalue weighted by Gasteiger charge is 2.33. The lowest BCUT2D eigenvalue weighted by molar-refractivity contribution is -0.151. The maximum atomic E-state index is 11.7. The van der Waals surface area contributed by atoms with Crippen LogP contribution < -0.4 is 0 Å². The Hall–Kier alpha value is -1.35. The quantitative estimate of drug-likeness (QED) is 0.771. The van der Waals surface area contributed by atoms with E-state index in [1.165, 1.54) is 0 Å². The highest BCUT2D eigenvalue weighted by Crippen LogP contribution is 2.34. The number of benzene rings is 1. The van der Waals surface area contributed by atoms with Crippen molar-refractivity contribution in [3.63, 3.8) is 0 Å². The molecule has 1 aromatic rings. The van der Waals surface area contributed by atoms with Crippen LogP contribution in [-0.2, 0) is 9.53 Å². The second kappa shape index (κ2) is 6.89. The number of hydrogen-bond acceptors (Lipinski definition) is 3. The van der Waals surface area contributed by atoms with E-state index in [1.54, 1.807) is 0 Å². The fraction of sp³-hybridized carbons (Fsp3) is 0.588. The van der Waals surface area contributed by atoms with E-state index < -0.39 is 0 Å². The number of ether oxygens (including phenoxy) is 1. The minimum absolute atomic E-state index is 0.104. The summed E-state index contributed by atoms with van der Waals surface area (Å²) in [6.07, 6.45) is 1.42. The van der Waals surface area contributed by atoms with E-state index in [0.29, 0.717) is 18.4 Å². The van der Waals surface area contributed by atoms with Crippen molar-refractivity contribution >= 4 is 5.97 Å². The van der Waals surface area contributed by atoms with Crippen molar-refractivity contribution in [3.05, 3.63) is 35.9 Å². The van der Waals surface area contributed by atoms with E-state index in [2.05, 4.69) is 30.9 Å². The van der Waals surface area contributed by atoms with Crippen LogP contribution in [0.25, 0.3) is 0 Å². The molecule has 3 heteroatoms. The van der Waals surface area contributed by atoms with Crippen molar-refractivity contribution < 1.29 is 9.53 Å². The molecule has 1 heterocycles. The lowest BCUT2D eigenvalue weighted by Gasteiger charge is -2.26. The summed E-state index contributed by atoms with van der Waals surface area (Å²) in [6, 6.07) is 10.7. The van der Waals surface area contributed by atoms with Crippen LogP contribution in [0, 0.1) is 5.92 Å². The van der Waals surface area contributed by atoms with Gasteiger partial charge in [0.15, 0.2) is 0 Å². The van der Waals surface area contributed by atoms with Crippen LogP contribution in [0.1, 0.15) is 45.3 Å². The largest absolute Gasteiger partial charge is 0.457 e. The molecule has 0 radical (unpaired) electrons. The summed E-state index contributed by atoms with van der Waals surface area (Å²) >= 11 is 0. The van der Waals surface area contributed by atoms with Crippen LogP contribution in [0.3, 0.4) is 0 Å². The number of hydrogen-bond donors (Lipinski definition) is 0. The van der Waals surface area contributed by atoms with Crippen LogP contribution in [-0.4, -0.2) is 30.0 Å². The SMILES string of the molecule is CCC(=O)O[C@H](c1ccccc1)[C@@H]1CCN(C(C)C)C1. The lowest BCUT2D eigenvalue weighted by atomic mass is 9.95. The van der Waals surface area contributed by atoms with Gasteiger partial charge in [0.1, 0.15) is 6.10 Å². The van der Waals surface area contributed by atoms with Crippen molar-refractivity contribution in [1.29, 1.82) is 0 Å². The molecule has 20 heavy (non-hydrogen) atoms. The molecule has 1 aliphatic heterocycles. The fourth-order valence-electron chi connectivity index (χ4n) is 2.84. The Balaban J connectivity index is 2.13. The first-order valence-electron chi connectivity index (χ1n) is 7.60. The summed E-state index contributed by atoms with van der Waals surface area (Å²) in [4.78, 5) is 14.2. The number of esters is 1. The monoisotopic (exact) mass is 275 g/mol. The van der Waals surface area contributed by atoms with Crippen LogP contribution >= 0.6 is 0 Å². The molecule has 2 rings (SSSR count). The van der Waals surface area contributed by atoms with E-state index in [4.69, 9.17) is 4.74 Å². The zero-order valence-corrected chi connectivity index (χ0v) is 12.7. The second-order valence-corrected chi connectivity index (χ2v) is 5.81. The molecule has 0 bridgehead atoms. The summed E-state index contributed by atoms with van der Waals surface area (Å²) in [6.45, 7) is 8.39. The highest BCUT2D eigenvalue weighted by atomic mass is 16.5. The molecule has 3 nitrogen and oxygen atoms in total. The third-order valence-electron chi connectivity index (χ3n) is 4.09. The Morgan fingerprint density at radius 2 is 2.05 bits per heavy atom. The van der Waals surface area contributed by atoms with E-state index in [-0.39, 0.29) is 12.1 Å². The summed E-state index contributed by atoms with van der Waals surface area (Å²) < 4.78 is 5.73. The molecule has 0 unspecified atom stereocenters. The minimum Gasteiger partial charge on any atom is -0.457 e. The van der Waals surface area contributed by atoms with Gasteiger partial charge in [-0.05, 0) is 32.4 Å². The van der Waals surface area contributed by atoms with Gasteiger partial charge in [-0.3, -0.25) is 4.79 Å². The molecule has 2 atom stereocenters. The second-order valence-electron chi connectivity index (χ2n) is 5.81. The van der Waals surface area contributed by atoms with E-state index in [0.717, 1.165) is 25.1 Å². The van der Waals surface area contributed by atoms with E-state index in [1.807, 2.05) is 25.1 Å². The van der Waals surface area contributed by atoms with Crippen molar-refractivity contribution in [1.82, 2.24) is 4.90 Å². The van der Waals surface area contributed by atoms with Crippen molar-refractivity contribution in [2.24, 2.45) is 5.92 Å². The third-order valence-corrected chi connectivity index (χ3v) is 4.09. The van der Waals surface area contributed by atoms with Gasteiger partial charge in [0.05, 0.1) is 0 Å². The first-order valence-corrected chi connectivity index (χ1v) is 7.60. The van der Waals surface area contributed by atoms with Crippen LogP contribution in [0.15, 0.2) is 30.3 Å². The van der Waals surface area contributed by atoms with Crippen molar-refractivity contribution in [3.8, 4) is 0 Å². The van der Waals surface area contributed by atoms with Crippen LogP contribution in [0.4, 0.5) is 0 Å². The molecule has 1 aromatic carbocycles. The maximum absolute atomic E-state index is 11.7. The topological polar surface area (TPSA) is 29.5 Å². The van der Waals surface area contributed by atoms with Gasteiger partial charge in [0.2, 0.25) is 0 Å². The average Bonchev–Trinajstić information content (AvgIpc) is 2.95. The smallest absolute Gasteiger partial charge is 0.306 e. The summed E-state index contributed by atoms with van der Waals surface area (Å²) in [5.74, 6) is 0.289. The van der Waals surface area contributed by atoms with Gasteiger partial charge in [0, 0.05) is 24.9 Å².